The Bertz CT molecular complexity index is 788. The predicted octanol–water partition coefficient (Wildman–Crippen LogP) is 4.65. The molecule has 3 rings (SSSR count). The van der Waals surface area contributed by atoms with Crippen LogP contribution in [0.2, 0.25) is 0 Å². The maximum Gasteiger partial charge on any atom is 0.125 e. The Morgan fingerprint density at radius 2 is 2.19 bits per heavy atom. The molecule has 0 saturated carbocycles. The zero-order valence-corrected chi connectivity index (χ0v) is 13.8. The van der Waals surface area contributed by atoms with Gasteiger partial charge in [0.25, 0.3) is 0 Å². The summed E-state index contributed by atoms with van der Waals surface area (Å²) in [7, 11) is 0. The van der Waals surface area contributed by atoms with E-state index in [4.69, 9.17) is 0 Å². The number of imidazole rings is 1. The lowest BCUT2D eigenvalue weighted by atomic mass is 10.3. The Morgan fingerprint density at radius 3 is 2.95 bits per heavy atom. The molecule has 0 fully saturated rings. The summed E-state index contributed by atoms with van der Waals surface area (Å²) < 4.78 is 16.4. The first-order chi connectivity index (χ1) is 10.2. The second-order valence-electron chi connectivity index (χ2n) is 4.48. The van der Waals surface area contributed by atoms with E-state index in [1.54, 1.807) is 24.0 Å². The number of thioether (sulfide) groups is 1. The van der Waals surface area contributed by atoms with Gasteiger partial charge in [-0.3, -0.25) is 0 Å². The maximum absolute atomic E-state index is 13.3. The van der Waals surface area contributed by atoms with Gasteiger partial charge in [0.05, 0.1) is 16.8 Å². The van der Waals surface area contributed by atoms with Crippen LogP contribution in [0.25, 0.3) is 11.0 Å². The number of fused-ring (bicyclic) bond motifs is 1. The molecule has 6 heteroatoms. The third-order valence-corrected chi connectivity index (χ3v) is 5.07. The van der Waals surface area contributed by atoms with E-state index in [0.717, 1.165) is 27.4 Å². The lowest BCUT2D eigenvalue weighted by molar-refractivity contribution is 0.629. The molecule has 108 valence electrons. The molecule has 2 aromatic heterocycles. The number of benzene rings is 1. The molecule has 2 heterocycles. The van der Waals surface area contributed by atoms with Gasteiger partial charge in [-0.05, 0) is 47.1 Å². The van der Waals surface area contributed by atoms with E-state index < -0.39 is 0 Å². The van der Waals surface area contributed by atoms with Gasteiger partial charge in [0, 0.05) is 23.3 Å². The van der Waals surface area contributed by atoms with Gasteiger partial charge < -0.3 is 4.57 Å². The SMILES string of the molecule is CCn1c(CSc2ncccc2Br)nc2cc(F)ccc21. The summed E-state index contributed by atoms with van der Waals surface area (Å²) in [5, 5.41) is 0.929. The minimum absolute atomic E-state index is 0.255. The fraction of sp³-hybridized carbons (Fsp3) is 0.200. The molecule has 0 aliphatic rings. The largest absolute Gasteiger partial charge is 0.328 e. The average Bonchev–Trinajstić information content (AvgIpc) is 2.82. The van der Waals surface area contributed by atoms with Crippen LogP contribution < -0.4 is 0 Å². The van der Waals surface area contributed by atoms with E-state index in [1.807, 2.05) is 12.1 Å². The predicted molar refractivity (Wildman–Crippen MR) is 86.9 cm³/mol. The second kappa shape index (κ2) is 6.15. The van der Waals surface area contributed by atoms with E-state index in [1.165, 1.54) is 12.1 Å². The van der Waals surface area contributed by atoms with Gasteiger partial charge in [0.2, 0.25) is 0 Å². The van der Waals surface area contributed by atoms with Gasteiger partial charge in [-0.2, -0.15) is 0 Å². The lowest BCUT2D eigenvalue weighted by Crippen LogP contribution is -2.00. The van der Waals surface area contributed by atoms with Crippen LogP contribution in [-0.4, -0.2) is 14.5 Å². The van der Waals surface area contributed by atoms with Crippen LogP contribution in [0.1, 0.15) is 12.7 Å². The summed E-state index contributed by atoms with van der Waals surface area (Å²) in [6.45, 7) is 2.87. The molecular weight excluding hydrogens is 353 g/mol. The molecule has 0 saturated heterocycles. The third-order valence-electron chi connectivity index (χ3n) is 3.17. The molecule has 0 unspecified atom stereocenters. The van der Waals surface area contributed by atoms with E-state index in [0.29, 0.717) is 11.3 Å². The Labute approximate surface area is 134 Å². The highest BCUT2D eigenvalue weighted by Gasteiger charge is 2.11. The summed E-state index contributed by atoms with van der Waals surface area (Å²) in [5.41, 5.74) is 1.67. The first kappa shape index (κ1) is 14.5. The highest BCUT2D eigenvalue weighted by Crippen LogP contribution is 2.28. The van der Waals surface area contributed by atoms with Crippen LogP contribution in [0, 0.1) is 5.82 Å². The Kier molecular flexibility index (Phi) is 4.26. The van der Waals surface area contributed by atoms with Gasteiger partial charge in [0.15, 0.2) is 0 Å². The number of aromatic nitrogens is 3. The van der Waals surface area contributed by atoms with Crippen LogP contribution in [0.4, 0.5) is 4.39 Å². The molecule has 0 aliphatic carbocycles. The number of hydrogen-bond donors (Lipinski definition) is 0. The fourth-order valence-electron chi connectivity index (χ4n) is 2.23. The number of aryl methyl sites for hydroxylation is 1. The van der Waals surface area contributed by atoms with Crippen LogP contribution in [0.5, 0.6) is 0 Å². The van der Waals surface area contributed by atoms with Gasteiger partial charge in [-0.15, -0.1) is 0 Å². The van der Waals surface area contributed by atoms with Crippen molar-refractivity contribution in [3.63, 3.8) is 0 Å². The van der Waals surface area contributed by atoms with E-state index >= 15 is 0 Å². The van der Waals surface area contributed by atoms with Crippen molar-refractivity contribution < 1.29 is 4.39 Å². The van der Waals surface area contributed by atoms with Crippen LogP contribution >= 0.6 is 27.7 Å². The minimum atomic E-state index is -0.255. The minimum Gasteiger partial charge on any atom is -0.328 e. The van der Waals surface area contributed by atoms with Crippen molar-refractivity contribution in [1.29, 1.82) is 0 Å². The summed E-state index contributed by atoms with van der Waals surface area (Å²) in [5.74, 6) is 1.37. The quantitative estimate of drug-likeness (QED) is 0.630. The van der Waals surface area contributed by atoms with Crippen molar-refractivity contribution in [2.45, 2.75) is 24.2 Å². The molecule has 3 nitrogen and oxygen atoms in total. The highest BCUT2D eigenvalue weighted by atomic mass is 79.9. The monoisotopic (exact) mass is 365 g/mol. The molecule has 0 bridgehead atoms. The molecule has 0 aliphatic heterocycles. The fourth-order valence-corrected chi connectivity index (χ4v) is 3.65. The van der Waals surface area contributed by atoms with E-state index in [9.17, 15) is 4.39 Å². The average molecular weight is 366 g/mol. The van der Waals surface area contributed by atoms with Gasteiger partial charge in [-0.25, -0.2) is 14.4 Å². The van der Waals surface area contributed by atoms with Crippen molar-refractivity contribution in [1.82, 2.24) is 14.5 Å². The summed E-state index contributed by atoms with van der Waals surface area (Å²) in [6, 6.07) is 8.59. The van der Waals surface area contributed by atoms with Crippen molar-refractivity contribution in [2.75, 3.05) is 0 Å². The highest BCUT2D eigenvalue weighted by molar-refractivity contribution is 9.10. The summed E-state index contributed by atoms with van der Waals surface area (Å²) in [4.78, 5) is 8.88. The normalized spacial score (nSPS) is 11.2. The number of hydrogen-bond acceptors (Lipinski definition) is 3. The molecule has 0 N–H and O–H groups in total. The molecule has 3 aromatic rings. The first-order valence-electron chi connectivity index (χ1n) is 6.57. The number of pyridine rings is 1. The van der Waals surface area contributed by atoms with E-state index in [-0.39, 0.29) is 5.82 Å². The topological polar surface area (TPSA) is 30.7 Å². The Hall–Kier alpha value is -1.40. The number of rotatable bonds is 4. The summed E-state index contributed by atoms with van der Waals surface area (Å²) >= 11 is 5.10. The van der Waals surface area contributed by atoms with Gasteiger partial charge in [0.1, 0.15) is 16.7 Å². The number of halogens is 2. The molecule has 0 spiro atoms. The van der Waals surface area contributed by atoms with E-state index in [2.05, 4.69) is 37.4 Å². The lowest BCUT2D eigenvalue weighted by Gasteiger charge is -2.06. The molecule has 1 aromatic carbocycles. The summed E-state index contributed by atoms with van der Waals surface area (Å²) in [6.07, 6.45) is 1.77. The van der Waals surface area contributed by atoms with Crippen molar-refractivity contribution in [3.8, 4) is 0 Å². The molecule has 0 atom stereocenters. The molecule has 0 radical (unpaired) electrons. The Morgan fingerprint density at radius 1 is 1.33 bits per heavy atom. The van der Waals surface area contributed by atoms with Crippen molar-refractivity contribution in [3.05, 3.63) is 52.6 Å². The maximum atomic E-state index is 13.3. The Balaban J connectivity index is 1.92. The van der Waals surface area contributed by atoms with Crippen LogP contribution in [-0.2, 0) is 12.3 Å². The first-order valence-corrected chi connectivity index (χ1v) is 8.35. The number of nitrogens with zero attached hydrogens (tertiary/aromatic N) is 3. The van der Waals surface area contributed by atoms with Crippen LogP contribution in [0.15, 0.2) is 46.0 Å². The zero-order chi connectivity index (χ0) is 14.8. The van der Waals surface area contributed by atoms with Crippen molar-refractivity contribution >= 4 is 38.7 Å². The zero-order valence-electron chi connectivity index (χ0n) is 11.4. The van der Waals surface area contributed by atoms with Gasteiger partial charge in [-0.1, -0.05) is 11.8 Å². The van der Waals surface area contributed by atoms with Crippen molar-refractivity contribution in [2.24, 2.45) is 0 Å². The second-order valence-corrected chi connectivity index (χ2v) is 6.30. The smallest absolute Gasteiger partial charge is 0.125 e. The third kappa shape index (κ3) is 2.96. The molecule has 21 heavy (non-hydrogen) atoms. The molecular formula is C15H13BrFN3S. The van der Waals surface area contributed by atoms with Crippen LogP contribution in [0.3, 0.4) is 0 Å². The standard InChI is InChI=1S/C15H13BrFN3S/c1-2-20-13-6-5-10(17)8-12(13)19-14(20)9-21-15-11(16)4-3-7-18-15/h3-8H,2,9H2,1H3. The molecule has 0 amide bonds. The van der Waals surface area contributed by atoms with Gasteiger partial charge >= 0.3 is 0 Å².